The van der Waals surface area contributed by atoms with E-state index in [-0.39, 0.29) is 0 Å². The number of nitrogens with two attached hydrogens (primary N) is 1. The fourth-order valence-corrected chi connectivity index (χ4v) is 1.44. The van der Waals surface area contributed by atoms with Crippen LogP contribution in [0.1, 0.15) is 0 Å². The molecule has 3 nitrogen and oxygen atoms in total. The van der Waals surface area contributed by atoms with Gasteiger partial charge < -0.3 is 5.73 Å². The number of fused-ring (bicyclic) bond motifs is 1. The molecule has 0 unspecified atom stereocenters. The summed E-state index contributed by atoms with van der Waals surface area (Å²) in [6.07, 6.45) is 0. The molecular weight excluding hydrogens is 206 g/mol. The molecule has 0 aliphatic carbocycles. The average molecular weight is 212 g/mol. The summed E-state index contributed by atoms with van der Waals surface area (Å²) < 4.78 is 2.65. The first-order valence-electron chi connectivity index (χ1n) is 3.17. The molecule has 0 aromatic carbocycles. The number of nitrogens with zero attached hydrogens (tertiary/aromatic N) is 2. The standard InChI is InChI=1S/C7H6BrN3/c8-6-3-1-2-5-4-7(9)10-11(5)6/h1-4H,(H2,9,10). The van der Waals surface area contributed by atoms with Gasteiger partial charge in [-0.25, -0.2) is 4.52 Å². The van der Waals surface area contributed by atoms with E-state index in [0.717, 1.165) is 10.1 Å². The van der Waals surface area contributed by atoms with E-state index < -0.39 is 0 Å². The Kier molecular flexibility index (Phi) is 1.35. The zero-order valence-corrected chi connectivity index (χ0v) is 7.25. The van der Waals surface area contributed by atoms with Crippen LogP contribution in [0.4, 0.5) is 5.82 Å². The van der Waals surface area contributed by atoms with Crippen molar-refractivity contribution in [2.45, 2.75) is 0 Å². The third-order valence-electron chi connectivity index (χ3n) is 1.46. The third-order valence-corrected chi connectivity index (χ3v) is 2.06. The van der Waals surface area contributed by atoms with Gasteiger partial charge in [-0.15, -0.1) is 5.10 Å². The molecule has 2 N–H and O–H groups in total. The van der Waals surface area contributed by atoms with Gasteiger partial charge in [0.1, 0.15) is 10.4 Å². The zero-order valence-electron chi connectivity index (χ0n) is 5.66. The fourth-order valence-electron chi connectivity index (χ4n) is 1.00. The molecule has 0 atom stereocenters. The van der Waals surface area contributed by atoms with E-state index in [4.69, 9.17) is 5.73 Å². The molecule has 0 aliphatic heterocycles. The second-order valence-electron chi connectivity index (χ2n) is 2.25. The monoisotopic (exact) mass is 211 g/mol. The van der Waals surface area contributed by atoms with Gasteiger partial charge in [0.15, 0.2) is 0 Å². The Hall–Kier alpha value is -1.03. The Balaban J connectivity index is 2.90. The minimum atomic E-state index is 0.539. The Bertz CT molecular complexity index is 393. The van der Waals surface area contributed by atoms with Crippen LogP contribution in [0.25, 0.3) is 5.52 Å². The van der Waals surface area contributed by atoms with E-state index in [2.05, 4.69) is 21.0 Å². The minimum absolute atomic E-state index is 0.539. The molecule has 2 aromatic heterocycles. The number of pyridine rings is 1. The average Bonchev–Trinajstić information content (AvgIpc) is 2.31. The first kappa shape index (κ1) is 6.67. The van der Waals surface area contributed by atoms with E-state index >= 15 is 0 Å². The largest absolute Gasteiger partial charge is 0.382 e. The summed E-state index contributed by atoms with van der Waals surface area (Å²) in [5.74, 6) is 0.539. The van der Waals surface area contributed by atoms with E-state index in [1.165, 1.54) is 0 Å². The highest BCUT2D eigenvalue weighted by Gasteiger charge is 1.98. The van der Waals surface area contributed by atoms with E-state index in [1.54, 1.807) is 4.52 Å². The molecule has 2 aromatic rings. The molecule has 0 amide bonds. The maximum Gasteiger partial charge on any atom is 0.146 e. The second-order valence-corrected chi connectivity index (χ2v) is 3.07. The molecule has 0 radical (unpaired) electrons. The summed E-state index contributed by atoms with van der Waals surface area (Å²) in [6.45, 7) is 0. The Morgan fingerprint density at radius 3 is 3.00 bits per heavy atom. The number of hydrogen-bond acceptors (Lipinski definition) is 2. The minimum Gasteiger partial charge on any atom is -0.382 e. The zero-order chi connectivity index (χ0) is 7.84. The highest BCUT2D eigenvalue weighted by Crippen LogP contribution is 2.14. The number of halogens is 1. The molecule has 0 spiro atoms. The SMILES string of the molecule is Nc1cc2cccc(Br)n2n1. The van der Waals surface area contributed by atoms with Crippen LogP contribution < -0.4 is 5.73 Å². The Labute approximate surface area is 71.9 Å². The summed E-state index contributed by atoms with van der Waals surface area (Å²) in [5, 5.41) is 4.06. The summed E-state index contributed by atoms with van der Waals surface area (Å²) in [4.78, 5) is 0. The van der Waals surface area contributed by atoms with Gasteiger partial charge in [0, 0.05) is 6.07 Å². The molecule has 56 valence electrons. The fraction of sp³-hybridized carbons (Fsp3) is 0. The van der Waals surface area contributed by atoms with Gasteiger partial charge in [-0.05, 0) is 28.1 Å². The van der Waals surface area contributed by atoms with Gasteiger partial charge in [0.05, 0.1) is 5.52 Å². The lowest BCUT2D eigenvalue weighted by Gasteiger charge is -1.93. The van der Waals surface area contributed by atoms with Crippen LogP contribution in [-0.4, -0.2) is 9.61 Å². The van der Waals surface area contributed by atoms with E-state index in [1.807, 2.05) is 24.3 Å². The molecule has 0 saturated heterocycles. The van der Waals surface area contributed by atoms with Gasteiger partial charge >= 0.3 is 0 Å². The molecular formula is C7H6BrN3. The van der Waals surface area contributed by atoms with Crippen LogP contribution in [-0.2, 0) is 0 Å². The molecule has 2 rings (SSSR count). The van der Waals surface area contributed by atoms with E-state index in [9.17, 15) is 0 Å². The quantitative estimate of drug-likeness (QED) is 0.675. The van der Waals surface area contributed by atoms with Crippen molar-refractivity contribution in [3.8, 4) is 0 Å². The van der Waals surface area contributed by atoms with Crippen LogP contribution in [0.3, 0.4) is 0 Å². The number of nitrogen functional groups attached to an aromatic ring is 1. The van der Waals surface area contributed by atoms with Gasteiger partial charge in [-0.2, -0.15) is 0 Å². The van der Waals surface area contributed by atoms with Gasteiger partial charge in [-0.1, -0.05) is 6.07 Å². The number of hydrogen-bond donors (Lipinski definition) is 1. The van der Waals surface area contributed by atoms with Gasteiger partial charge in [0.25, 0.3) is 0 Å². The van der Waals surface area contributed by atoms with Crippen molar-refractivity contribution in [1.29, 1.82) is 0 Å². The first-order valence-corrected chi connectivity index (χ1v) is 3.96. The summed E-state index contributed by atoms with van der Waals surface area (Å²) in [7, 11) is 0. The molecule has 0 bridgehead atoms. The summed E-state index contributed by atoms with van der Waals surface area (Å²) in [5.41, 5.74) is 6.50. The smallest absolute Gasteiger partial charge is 0.146 e. The molecule has 0 saturated carbocycles. The molecule has 4 heteroatoms. The van der Waals surface area contributed by atoms with Crippen molar-refractivity contribution in [2.75, 3.05) is 5.73 Å². The first-order chi connectivity index (χ1) is 5.27. The van der Waals surface area contributed by atoms with E-state index in [0.29, 0.717) is 5.82 Å². The van der Waals surface area contributed by atoms with Crippen LogP contribution in [0, 0.1) is 0 Å². The lowest BCUT2D eigenvalue weighted by atomic mass is 10.4. The van der Waals surface area contributed by atoms with Crippen LogP contribution in [0.15, 0.2) is 28.9 Å². The number of aromatic nitrogens is 2. The lowest BCUT2D eigenvalue weighted by molar-refractivity contribution is 0.942. The normalized spacial score (nSPS) is 10.6. The summed E-state index contributed by atoms with van der Waals surface area (Å²) in [6, 6.07) is 7.64. The number of anilines is 1. The molecule has 2 heterocycles. The van der Waals surface area contributed by atoms with Crippen molar-refractivity contribution >= 4 is 27.3 Å². The second kappa shape index (κ2) is 2.23. The highest BCUT2D eigenvalue weighted by molar-refractivity contribution is 9.10. The summed E-state index contributed by atoms with van der Waals surface area (Å²) >= 11 is 3.36. The van der Waals surface area contributed by atoms with Crippen molar-refractivity contribution in [3.05, 3.63) is 28.9 Å². The maximum atomic E-state index is 5.51. The lowest BCUT2D eigenvalue weighted by Crippen LogP contribution is -1.90. The van der Waals surface area contributed by atoms with Crippen LogP contribution in [0.2, 0.25) is 0 Å². The van der Waals surface area contributed by atoms with Gasteiger partial charge in [-0.3, -0.25) is 0 Å². The van der Waals surface area contributed by atoms with Crippen molar-refractivity contribution in [2.24, 2.45) is 0 Å². The van der Waals surface area contributed by atoms with Crippen molar-refractivity contribution < 1.29 is 0 Å². The predicted octanol–water partition coefficient (Wildman–Crippen LogP) is 1.68. The molecule has 11 heavy (non-hydrogen) atoms. The van der Waals surface area contributed by atoms with Crippen LogP contribution >= 0.6 is 15.9 Å². The topological polar surface area (TPSA) is 43.3 Å². The maximum absolute atomic E-state index is 5.51. The third kappa shape index (κ3) is 0.991. The Morgan fingerprint density at radius 2 is 2.27 bits per heavy atom. The Morgan fingerprint density at radius 1 is 1.45 bits per heavy atom. The van der Waals surface area contributed by atoms with Gasteiger partial charge in [0.2, 0.25) is 0 Å². The van der Waals surface area contributed by atoms with Crippen molar-refractivity contribution in [1.82, 2.24) is 9.61 Å². The predicted molar refractivity (Wildman–Crippen MR) is 47.3 cm³/mol. The molecule has 0 aliphatic rings. The number of rotatable bonds is 0. The van der Waals surface area contributed by atoms with Crippen LogP contribution in [0.5, 0.6) is 0 Å². The molecule has 0 fully saturated rings. The van der Waals surface area contributed by atoms with Crippen molar-refractivity contribution in [3.63, 3.8) is 0 Å². The highest BCUT2D eigenvalue weighted by atomic mass is 79.9.